The Morgan fingerprint density at radius 2 is 2.11 bits per heavy atom. The number of phenols is 1. The first kappa shape index (κ1) is 13.2. The topological polar surface area (TPSA) is 40.5 Å². The van der Waals surface area contributed by atoms with Gasteiger partial charge in [0, 0.05) is 24.5 Å². The van der Waals surface area contributed by atoms with Crippen LogP contribution in [0.5, 0.6) is 5.75 Å². The first-order valence-electron chi connectivity index (χ1n) is 6.35. The van der Waals surface area contributed by atoms with E-state index in [-0.39, 0.29) is 11.7 Å². The molecule has 1 aliphatic heterocycles. The molecule has 0 spiro atoms. The molecule has 1 aromatic rings. The molecule has 1 saturated heterocycles. The first-order chi connectivity index (χ1) is 8.70. The van der Waals surface area contributed by atoms with Crippen LogP contribution < -0.4 is 0 Å². The Hall–Kier alpha value is -1.22. The number of likely N-dealkylation sites (tertiary alicyclic amines) is 1. The standard InChI is InChI=1S/C14H18ClNO2/c15-8-7-11-2-1-9-16(10-11)14(18)12-3-5-13(17)6-4-12/h3-6,11,17H,1-2,7-10H2. The van der Waals surface area contributed by atoms with E-state index in [4.69, 9.17) is 11.6 Å². The number of benzene rings is 1. The van der Waals surface area contributed by atoms with Crippen molar-refractivity contribution >= 4 is 17.5 Å². The summed E-state index contributed by atoms with van der Waals surface area (Å²) in [6, 6.07) is 6.44. The Bertz CT molecular complexity index is 403. The van der Waals surface area contributed by atoms with Crippen molar-refractivity contribution in [2.24, 2.45) is 5.92 Å². The fourth-order valence-electron chi connectivity index (χ4n) is 2.43. The number of carbonyl (C=O) groups excluding carboxylic acids is 1. The van der Waals surface area contributed by atoms with Crippen molar-refractivity contribution in [3.05, 3.63) is 29.8 Å². The van der Waals surface area contributed by atoms with E-state index in [1.807, 2.05) is 4.90 Å². The number of hydrogen-bond acceptors (Lipinski definition) is 2. The fourth-order valence-corrected chi connectivity index (χ4v) is 2.73. The van der Waals surface area contributed by atoms with Crippen LogP contribution in [0.3, 0.4) is 0 Å². The van der Waals surface area contributed by atoms with Gasteiger partial charge >= 0.3 is 0 Å². The van der Waals surface area contributed by atoms with Crippen LogP contribution in [0, 0.1) is 5.92 Å². The fraction of sp³-hybridized carbons (Fsp3) is 0.500. The maximum absolute atomic E-state index is 12.3. The van der Waals surface area contributed by atoms with Crippen LogP contribution in [0.4, 0.5) is 0 Å². The van der Waals surface area contributed by atoms with Gasteiger partial charge in [-0.15, -0.1) is 11.6 Å². The maximum atomic E-state index is 12.3. The minimum atomic E-state index is 0.0503. The molecular formula is C14H18ClNO2. The molecule has 1 amide bonds. The number of carbonyl (C=O) groups is 1. The van der Waals surface area contributed by atoms with Crippen LogP contribution in [0.2, 0.25) is 0 Å². The molecule has 1 unspecified atom stereocenters. The summed E-state index contributed by atoms with van der Waals surface area (Å²) >= 11 is 5.77. The molecule has 1 fully saturated rings. The van der Waals surface area contributed by atoms with Crippen molar-refractivity contribution in [2.75, 3.05) is 19.0 Å². The lowest BCUT2D eigenvalue weighted by Gasteiger charge is -2.32. The molecule has 1 aliphatic rings. The Balaban J connectivity index is 2.02. The van der Waals surface area contributed by atoms with Gasteiger partial charge in [0.1, 0.15) is 5.75 Å². The normalized spacial score (nSPS) is 19.8. The number of nitrogens with zero attached hydrogens (tertiary/aromatic N) is 1. The molecule has 2 rings (SSSR count). The number of piperidine rings is 1. The highest BCUT2D eigenvalue weighted by Crippen LogP contribution is 2.22. The van der Waals surface area contributed by atoms with Crippen molar-refractivity contribution in [2.45, 2.75) is 19.3 Å². The van der Waals surface area contributed by atoms with Crippen molar-refractivity contribution in [1.29, 1.82) is 0 Å². The summed E-state index contributed by atoms with van der Waals surface area (Å²) in [6.45, 7) is 1.62. The summed E-state index contributed by atoms with van der Waals surface area (Å²) in [6.07, 6.45) is 3.18. The Kier molecular flexibility index (Phi) is 4.48. The third-order valence-corrected chi connectivity index (χ3v) is 3.66. The van der Waals surface area contributed by atoms with Gasteiger partial charge in [0.15, 0.2) is 0 Å². The zero-order chi connectivity index (χ0) is 13.0. The Morgan fingerprint density at radius 3 is 2.78 bits per heavy atom. The average Bonchev–Trinajstić information content (AvgIpc) is 2.39. The molecule has 1 atom stereocenters. The van der Waals surface area contributed by atoms with Crippen molar-refractivity contribution < 1.29 is 9.90 Å². The van der Waals surface area contributed by atoms with Gasteiger partial charge in [-0.25, -0.2) is 0 Å². The average molecular weight is 268 g/mol. The van der Waals surface area contributed by atoms with E-state index in [9.17, 15) is 9.90 Å². The molecule has 0 aromatic heterocycles. The summed E-state index contributed by atoms with van der Waals surface area (Å²) in [5, 5.41) is 9.22. The van der Waals surface area contributed by atoms with Crippen LogP contribution in [-0.2, 0) is 0 Å². The molecule has 0 saturated carbocycles. The summed E-state index contributed by atoms with van der Waals surface area (Å²) in [5.41, 5.74) is 0.638. The van der Waals surface area contributed by atoms with Crippen molar-refractivity contribution in [3.8, 4) is 5.75 Å². The monoisotopic (exact) mass is 267 g/mol. The summed E-state index contributed by atoms with van der Waals surface area (Å²) in [4.78, 5) is 14.2. The van der Waals surface area contributed by atoms with Gasteiger partial charge in [0.05, 0.1) is 0 Å². The minimum absolute atomic E-state index is 0.0503. The summed E-state index contributed by atoms with van der Waals surface area (Å²) in [7, 11) is 0. The highest BCUT2D eigenvalue weighted by atomic mass is 35.5. The predicted octanol–water partition coefficient (Wildman–Crippen LogP) is 2.87. The van der Waals surface area contributed by atoms with Crippen molar-refractivity contribution in [1.82, 2.24) is 4.90 Å². The second kappa shape index (κ2) is 6.10. The van der Waals surface area contributed by atoms with Crippen LogP contribution in [-0.4, -0.2) is 34.9 Å². The van der Waals surface area contributed by atoms with Gasteiger partial charge in [0.2, 0.25) is 0 Å². The van der Waals surface area contributed by atoms with Gasteiger partial charge in [-0.05, 0) is 49.4 Å². The lowest BCUT2D eigenvalue weighted by Crippen LogP contribution is -2.40. The van der Waals surface area contributed by atoms with Crippen molar-refractivity contribution in [3.63, 3.8) is 0 Å². The minimum Gasteiger partial charge on any atom is -0.508 e. The van der Waals surface area contributed by atoms with Crippen LogP contribution in [0.25, 0.3) is 0 Å². The van der Waals surface area contributed by atoms with Gasteiger partial charge in [0.25, 0.3) is 5.91 Å². The highest BCUT2D eigenvalue weighted by molar-refractivity contribution is 6.17. The molecule has 4 heteroatoms. The lowest BCUT2D eigenvalue weighted by atomic mass is 9.95. The molecule has 3 nitrogen and oxygen atoms in total. The molecule has 0 aliphatic carbocycles. The molecule has 1 N–H and O–H groups in total. The van der Waals surface area contributed by atoms with Crippen LogP contribution in [0.15, 0.2) is 24.3 Å². The second-order valence-electron chi connectivity index (χ2n) is 4.78. The maximum Gasteiger partial charge on any atom is 0.253 e. The van der Waals surface area contributed by atoms with E-state index < -0.39 is 0 Å². The molecule has 18 heavy (non-hydrogen) atoms. The largest absolute Gasteiger partial charge is 0.508 e. The third-order valence-electron chi connectivity index (χ3n) is 3.44. The van der Waals surface area contributed by atoms with E-state index in [2.05, 4.69) is 0 Å². The zero-order valence-electron chi connectivity index (χ0n) is 10.3. The first-order valence-corrected chi connectivity index (χ1v) is 6.88. The number of hydrogen-bond donors (Lipinski definition) is 1. The quantitative estimate of drug-likeness (QED) is 0.856. The predicted molar refractivity (Wildman–Crippen MR) is 72.1 cm³/mol. The highest BCUT2D eigenvalue weighted by Gasteiger charge is 2.23. The van der Waals surface area contributed by atoms with Gasteiger partial charge in [-0.2, -0.15) is 0 Å². The van der Waals surface area contributed by atoms with E-state index in [0.29, 0.717) is 17.4 Å². The SMILES string of the molecule is O=C(c1ccc(O)cc1)N1CCCC(CCCl)C1. The number of alkyl halides is 1. The van der Waals surface area contributed by atoms with Gasteiger partial charge in [-0.3, -0.25) is 4.79 Å². The number of halogens is 1. The number of aromatic hydroxyl groups is 1. The van der Waals surface area contributed by atoms with E-state index in [1.165, 1.54) is 0 Å². The Labute approximate surface area is 112 Å². The zero-order valence-corrected chi connectivity index (χ0v) is 11.1. The molecular weight excluding hydrogens is 250 g/mol. The molecule has 98 valence electrons. The molecule has 1 aromatic carbocycles. The number of amides is 1. The van der Waals surface area contributed by atoms with E-state index in [1.54, 1.807) is 24.3 Å². The van der Waals surface area contributed by atoms with E-state index in [0.717, 1.165) is 32.4 Å². The summed E-state index contributed by atoms with van der Waals surface area (Å²) < 4.78 is 0. The Morgan fingerprint density at radius 1 is 1.39 bits per heavy atom. The smallest absolute Gasteiger partial charge is 0.253 e. The second-order valence-corrected chi connectivity index (χ2v) is 5.16. The molecule has 0 bridgehead atoms. The summed E-state index contributed by atoms with van der Waals surface area (Å²) in [5.74, 6) is 1.42. The number of rotatable bonds is 3. The van der Waals surface area contributed by atoms with Crippen LogP contribution in [0.1, 0.15) is 29.6 Å². The molecule has 1 heterocycles. The van der Waals surface area contributed by atoms with Gasteiger partial charge < -0.3 is 10.0 Å². The third kappa shape index (κ3) is 3.16. The van der Waals surface area contributed by atoms with E-state index >= 15 is 0 Å². The van der Waals surface area contributed by atoms with Crippen LogP contribution >= 0.6 is 11.6 Å². The molecule has 0 radical (unpaired) electrons. The number of phenolic OH excluding ortho intramolecular Hbond substituents is 1. The lowest BCUT2D eigenvalue weighted by molar-refractivity contribution is 0.0671. The van der Waals surface area contributed by atoms with Gasteiger partial charge in [-0.1, -0.05) is 0 Å².